The molecule has 0 saturated heterocycles. The highest BCUT2D eigenvalue weighted by molar-refractivity contribution is 7.89. The largest absolute Gasteiger partial charge is 0.480 e. The molecule has 0 aromatic rings. The number of esters is 1. The van der Waals surface area contributed by atoms with Gasteiger partial charge in [0.2, 0.25) is 10.0 Å². The van der Waals surface area contributed by atoms with Crippen LogP contribution in [0, 0.1) is 5.41 Å². The molecule has 0 amide bonds. The molecule has 0 bridgehead atoms. The average Bonchev–Trinajstić information content (AvgIpc) is 2.29. The Morgan fingerprint density at radius 3 is 2.20 bits per heavy atom. The molecule has 1 saturated carbocycles. The molecule has 0 aliphatic heterocycles. The van der Waals surface area contributed by atoms with Crippen molar-refractivity contribution in [1.29, 1.82) is 0 Å². The summed E-state index contributed by atoms with van der Waals surface area (Å²) in [5.74, 6) is -2.15. The number of hydrogen-bond donors (Lipinski definition) is 1. The van der Waals surface area contributed by atoms with Crippen LogP contribution < -0.4 is 0 Å². The highest BCUT2D eigenvalue weighted by Gasteiger charge is 2.50. The Morgan fingerprint density at radius 1 is 1.35 bits per heavy atom. The Bertz CT molecular complexity index is 480. The Balaban J connectivity index is 2.97. The number of carbonyl (C=O) groups is 2. The molecule has 7 nitrogen and oxygen atoms in total. The van der Waals surface area contributed by atoms with Gasteiger partial charge in [-0.2, -0.15) is 4.31 Å². The van der Waals surface area contributed by atoms with E-state index >= 15 is 0 Å². The van der Waals surface area contributed by atoms with Crippen LogP contribution >= 0.6 is 0 Å². The van der Waals surface area contributed by atoms with Crippen LogP contribution in [0.15, 0.2) is 0 Å². The van der Waals surface area contributed by atoms with Crippen LogP contribution in [0.2, 0.25) is 0 Å². The van der Waals surface area contributed by atoms with Gasteiger partial charge in [-0.25, -0.2) is 8.42 Å². The lowest BCUT2D eigenvalue weighted by Crippen LogP contribution is -2.50. The highest BCUT2D eigenvalue weighted by Crippen LogP contribution is 2.43. The lowest BCUT2D eigenvalue weighted by Gasteiger charge is -2.39. The molecule has 0 heterocycles. The zero-order valence-electron chi connectivity index (χ0n) is 12.0. The first-order valence-electron chi connectivity index (χ1n) is 6.44. The molecule has 0 atom stereocenters. The first kappa shape index (κ1) is 16.9. The summed E-state index contributed by atoms with van der Waals surface area (Å²) in [4.78, 5) is 22.6. The fourth-order valence-electron chi connectivity index (χ4n) is 2.39. The quantitative estimate of drug-likeness (QED) is 0.685. The minimum absolute atomic E-state index is 0.391. The Morgan fingerprint density at radius 2 is 1.90 bits per heavy atom. The number of carboxylic acids is 1. The second-order valence-electron chi connectivity index (χ2n) is 5.41. The Kier molecular flexibility index (Phi) is 5.15. The zero-order chi connectivity index (χ0) is 15.6. The summed E-state index contributed by atoms with van der Waals surface area (Å²) in [6.07, 6.45) is 1.68. The molecule has 1 rings (SSSR count). The molecule has 116 valence electrons. The number of hydrogen-bond acceptors (Lipinski definition) is 5. The molecule has 8 heteroatoms. The molecule has 1 aliphatic carbocycles. The van der Waals surface area contributed by atoms with Crippen molar-refractivity contribution in [1.82, 2.24) is 4.31 Å². The molecule has 20 heavy (non-hydrogen) atoms. The first-order chi connectivity index (χ1) is 9.14. The lowest BCUT2D eigenvalue weighted by atomic mass is 9.70. The molecule has 0 radical (unpaired) electrons. The van der Waals surface area contributed by atoms with E-state index < -0.39 is 45.7 Å². The molecule has 0 spiro atoms. The van der Waals surface area contributed by atoms with E-state index in [1.165, 1.54) is 7.11 Å². The van der Waals surface area contributed by atoms with Gasteiger partial charge in [0.15, 0.2) is 0 Å². The average molecular weight is 307 g/mol. The van der Waals surface area contributed by atoms with Gasteiger partial charge < -0.3 is 9.84 Å². The minimum atomic E-state index is -3.84. The van der Waals surface area contributed by atoms with E-state index in [1.807, 2.05) is 0 Å². The van der Waals surface area contributed by atoms with Gasteiger partial charge in [0.05, 0.1) is 18.3 Å². The number of nitrogens with zero attached hydrogens (tertiary/aromatic N) is 1. The number of carbonyl (C=O) groups excluding carboxylic acids is 1. The predicted octanol–water partition coefficient (Wildman–Crippen LogP) is 0.454. The van der Waals surface area contributed by atoms with E-state index in [2.05, 4.69) is 4.74 Å². The lowest BCUT2D eigenvalue weighted by molar-refractivity contribution is -0.156. The number of carboxylic acid groups (broad SMARTS) is 1. The summed E-state index contributed by atoms with van der Waals surface area (Å²) >= 11 is 0. The summed E-state index contributed by atoms with van der Waals surface area (Å²) in [7, 11) is -2.61. The maximum Gasteiger partial charge on any atom is 0.318 e. The number of sulfonamides is 1. The van der Waals surface area contributed by atoms with Crippen LogP contribution in [-0.2, 0) is 24.3 Å². The van der Waals surface area contributed by atoms with Gasteiger partial charge in [-0.1, -0.05) is 6.42 Å². The van der Waals surface area contributed by atoms with Gasteiger partial charge in [-0.15, -0.1) is 0 Å². The number of methoxy groups -OCH3 is 1. The maximum absolute atomic E-state index is 12.4. The zero-order valence-corrected chi connectivity index (χ0v) is 12.8. The van der Waals surface area contributed by atoms with Crippen molar-refractivity contribution >= 4 is 22.0 Å². The third-order valence-electron chi connectivity index (χ3n) is 3.61. The topological polar surface area (TPSA) is 101 Å². The molecule has 1 fully saturated rings. The summed E-state index contributed by atoms with van der Waals surface area (Å²) in [5.41, 5.74) is -1.01. The van der Waals surface area contributed by atoms with Gasteiger partial charge in [-0.05, 0) is 26.7 Å². The summed E-state index contributed by atoms with van der Waals surface area (Å²) in [5, 5.41) is 8.82. The standard InChI is InChI=1S/C12H21NO6S/c1-9(2)13(7-10(14)15)20(17,18)8-12(5-4-6-12)11(16)19-3/h9H,4-8H2,1-3H3,(H,14,15). The van der Waals surface area contributed by atoms with Crippen molar-refractivity contribution in [3.8, 4) is 0 Å². The fraction of sp³-hybridized carbons (Fsp3) is 0.833. The van der Waals surface area contributed by atoms with Crippen molar-refractivity contribution in [3.05, 3.63) is 0 Å². The van der Waals surface area contributed by atoms with Crippen molar-refractivity contribution < 1.29 is 27.9 Å². The van der Waals surface area contributed by atoms with Crippen LogP contribution in [0.3, 0.4) is 0 Å². The van der Waals surface area contributed by atoms with Crippen LogP contribution in [0.4, 0.5) is 0 Å². The summed E-state index contributed by atoms with van der Waals surface area (Å²) in [6.45, 7) is 2.61. The van der Waals surface area contributed by atoms with E-state index in [0.717, 1.165) is 10.7 Å². The molecule has 0 aromatic carbocycles. The smallest absolute Gasteiger partial charge is 0.318 e. The van der Waals surface area contributed by atoms with E-state index in [1.54, 1.807) is 13.8 Å². The fourth-order valence-corrected chi connectivity index (χ4v) is 4.62. The van der Waals surface area contributed by atoms with Gasteiger partial charge in [-0.3, -0.25) is 9.59 Å². The molecular weight excluding hydrogens is 286 g/mol. The number of rotatable bonds is 7. The summed E-state index contributed by atoms with van der Waals surface area (Å²) in [6, 6.07) is -0.481. The number of ether oxygens (including phenoxy) is 1. The molecule has 0 unspecified atom stereocenters. The SMILES string of the molecule is COC(=O)C1(CS(=O)(=O)N(CC(=O)O)C(C)C)CCC1. The van der Waals surface area contributed by atoms with Crippen LogP contribution in [0.25, 0.3) is 0 Å². The molecule has 0 aromatic heterocycles. The van der Waals surface area contributed by atoms with E-state index in [-0.39, 0.29) is 0 Å². The second-order valence-corrected chi connectivity index (χ2v) is 7.34. The molecule has 1 aliphatic rings. The van der Waals surface area contributed by atoms with Crippen molar-refractivity contribution in [2.45, 2.75) is 39.2 Å². The predicted molar refractivity (Wildman–Crippen MR) is 71.6 cm³/mol. The maximum atomic E-state index is 12.4. The second kappa shape index (κ2) is 6.09. The Hall–Kier alpha value is -1.15. The van der Waals surface area contributed by atoms with Crippen molar-refractivity contribution in [3.63, 3.8) is 0 Å². The Labute approximate surface area is 118 Å². The van der Waals surface area contributed by atoms with Crippen molar-refractivity contribution in [2.24, 2.45) is 5.41 Å². The normalized spacial score (nSPS) is 17.9. The monoisotopic (exact) mass is 307 g/mol. The first-order valence-corrected chi connectivity index (χ1v) is 8.05. The minimum Gasteiger partial charge on any atom is -0.480 e. The third kappa shape index (κ3) is 3.49. The van der Waals surface area contributed by atoms with Gasteiger partial charge >= 0.3 is 11.9 Å². The highest BCUT2D eigenvalue weighted by atomic mass is 32.2. The summed E-state index contributed by atoms with van der Waals surface area (Å²) < 4.78 is 30.4. The van der Waals surface area contributed by atoms with Gasteiger partial charge in [0.25, 0.3) is 0 Å². The van der Waals surface area contributed by atoms with Crippen LogP contribution in [0.5, 0.6) is 0 Å². The van der Waals surface area contributed by atoms with E-state index in [9.17, 15) is 18.0 Å². The molecular formula is C12H21NO6S. The van der Waals surface area contributed by atoms with Crippen LogP contribution in [0.1, 0.15) is 33.1 Å². The van der Waals surface area contributed by atoms with Crippen LogP contribution in [-0.4, -0.2) is 55.2 Å². The van der Waals surface area contributed by atoms with E-state index in [0.29, 0.717) is 12.8 Å². The van der Waals surface area contributed by atoms with Gasteiger partial charge in [0.1, 0.15) is 6.54 Å². The number of aliphatic carboxylic acids is 1. The van der Waals surface area contributed by atoms with E-state index in [4.69, 9.17) is 5.11 Å². The van der Waals surface area contributed by atoms with Gasteiger partial charge in [0, 0.05) is 6.04 Å². The third-order valence-corrected chi connectivity index (χ3v) is 5.79. The molecule has 1 N–H and O–H groups in total. The van der Waals surface area contributed by atoms with Crippen molar-refractivity contribution in [2.75, 3.05) is 19.4 Å².